The van der Waals surface area contributed by atoms with Crippen LogP contribution >= 0.6 is 0 Å². The van der Waals surface area contributed by atoms with Crippen LogP contribution in [0.25, 0.3) is 0 Å². The van der Waals surface area contributed by atoms with Crippen LogP contribution in [0.2, 0.25) is 0 Å². The van der Waals surface area contributed by atoms with Crippen molar-refractivity contribution >= 4 is 0 Å². The highest BCUT2D eigenvalue weighted by Gasteiger charge is 2.22. The molecule has 1 fully saturated rings. The van der Waals surface area contributed by atoms with Crippen LogP contribution in [0, 0.1) is 0 Å². The highest BCUT2D eigenvalue weighted by atomic mass is 16.5. The van der Waals surface area contributed by atoms with Crippen LogP contribution in [-0.2, 0) is 6.42 Å². The average molecular weight is 219 g/mol. The SMILES string of the molecule is c1coc(Cc2noc(C3CCCN3)n2)c1. The van der Waals surface area contributed by atoms with Crippen LogP contribution in [-0.4, -0.2) is 16.7 Å². The van der Waals surface area contributed by atoms with Crippen molar-refractivity contribution in [2.75, 3.05) is 6.54 Å². The van der Waals surface area contributed by atoms with Crippen molar-refractivity contribution in [3.63, 3.8) is 0 Å². The smallest absolute Gasteiger partial charge is 0.243 e. The van der Waals surface area contributed by atoms with Crippen LogP contribution in [0.1, 0.15) is 36.4 Å². The summed E-state index contributed by atoms with van der Waals surface area (Å²) in [6.45, 7) is 1.03. The van der Waals surface area contributed by atoms with Gasteiger partial charge in [0.1, 0.15) is 5.76 Å². The van der Waals surface area contributed by atoms with Crippen molar-refractivity contribution in [2.45, 2.75) is 25.3 Å². The molecule has 2 aromatic rings. The number of hydrogen-bond acceptors (Lipinski definition) is 5. The Morgan fingerprint density at radius 3 is 3.25 bits per heavy atom. The molecule has 3 rings (SSSR count). The molecule has 0 bridgehead atoms. The van der Waals surface area contributed by atoms with Crippen LogP contribution in [0.3, 0.4) is 0 Å². The molecular weight excluding hydrogens is 206 g/mol. The first-order valence-corrected chi connectivity index (χ1v) is 5.50. The van der Waals surface area contributed by atoms with Crippen molar-refractivity contribution in [3.05, 3.63) is 35.9 Å². The average Bonchev–Trinajstić information content (AvgIpc) is 2.99. The van der Waals surface area contributed by atoms with Crippen molar-refractivity contribution in [2.24, 2.45) is 0 Å². The Bertz CT molecular complexity index is 444. The van der Waals surface area contributed by atoms with E-state index in [0.717, 1.165) is 18.7 Å². The van der Waals surface area contributed by atoms with Gasteiger partial charge in [-0.15, -0.1) is 0 Å². The lowest BCUT2D eigenvalue weighted by Crippen LogP contribution is -2.13. The molecule has 1 N–H and O–H groups in total. The lowest BCUT2D eigenvalue weighted by atomic mass is 10.2. The summed E-state index contributed by atoms with van der Waals surface area (Å²) < 4.78 is 10.5. The standard InChI is InChI=1S/C11H13N3O2/c1-4-9(12-5-1)11-13-10(14-16-11)7-8-3-2-6-15-8/h2-3,6,9,12H,1,4-5,7H2. The summed E-state index contributed by atoms with van der Waals surface area (Å²) in [7, 11) is 0. The molecule has 84 valence electrons. The second kappa shape index (κ2) is 4.09. The molecule has 0 aromatic carbocycles. The summed E-state index contributed by atoms with van der Waals surface area (Å²) in [6, 6.07) is 4.00. The summed E-state index contributed by atoms with van der Waals surface area (Å²) in [4.78, 5) is 4.37. The molecule has 0 spiro atoms. The first-order chi connectivity index (χ1) is 7.92. The number of rotatable bonds is 3. The number of furan rings is 1. The second-order valence-electron chi connectivity index (χ2n) is 3.95. The van der Waals surface area contributed by atoms with E-state index in [0.29, 0.717) is 18.1 Å². The fraction of sp³-hybridized carbons (Fsp3) is 0.455. The molecule has 1 aliphatic heterocycles. The van der Waals surface area contributed by atoms with E-state index in [1.165, 1.54) is 6.42 Å². The van der Waals surface area contributed by atoms with Gasteiger partial charge in [-0.25, -0.2) is 0 Å². The number of nitrogens with one attached hydrogen (secondary N) is 1. The third-order valence-electron chi connectivity index (χ3n) is 2.75. The first-order valence-electron chi connectivity index (χ1n) is 5.50. The number of aromatic nitrogens is 2. The van der Waals surface area contributed by atoms with Gasteiger partial charge in [0.2, 0.25) is 5.89 Å². The molecule has 16 heavy (non-hydrogen) atoms. The minimum Gasteiger partial charge on any atom is -0.469 e. The minimum absolute atomic E-state index is 0.234. The molecule has 1 unspecified atom stereocenters. The Kier molecular flexibility index (Phi) is 2.46. The van der Waals surface area contributed by atoms with Gasteiger partial charge in [-0.05, 0) is 31.5 Å². The van der Waals surface area contributed by atoms with Crippen molar-refractivity contribution in [1.29, 1.82) is 0 Å². The van der Waals surface area contributed by atoms with Crippen molar-refractivity contribution in [1.82, 2.24) is 15.5 Å². The summed E-state index contributed by atoms with van der Waals surface area (Å²) in [5.41, 5.74) is 0. The molecule has 2 aromatic heterocycles. The van der Waals surface area contributed by atoms with Gasteiger partial charge >= 0.3 is 0 Å². The van der Waals surface area contributed by atoms with E-state index in [9.17, 15) is 0 Å². The van der Waals surface area contributed by atoms with Crippen LogP contribution in [0.5, 0.6) is 0 Å². The Balaban J connectivity index is 1.72. The Morgan fingerprint density at radius 2 is 2.50 bits per heavy atom. The minimum atomic E-state index is 0.234. The van der Waals surface area contributed by atoms with Crippen molar-refractivity contribution < 1.29 is 8.94 Å². The molecule has 1 saturated heterocycles. The van der Waals surface area contributed by atoms with Gasteiger partial charge in [0.05, 0.1) is 18.7 Å². The third-order valence-corrected chi connectivity index (χ3v) is 2.75. The molecule has 5 heteroatoms. The quantitative estimate of drug-likeness (QED) is 0.850. The van der Waals surface area contributed by atoms with Gasteiger partial charge in [0.15, 0.2) is 5.82 Å². The normalized spacial score (nSPS) is 20.4. The molecule has 0 aliphatic carbocycles. The predicted molar refractivity (Wildman–Crippen MR) is 55.8 cm³/mol. The van der Waals surface area contributed by atoms with E-state index in [1.54, 1.807) is 6.26 Å². The van der Waals surface area contributed by atoms with Gasteiger partial charge in [-0.2, -0.15) is 4.98 Å². The van der Waals surface area contributed by atoms with Gasteiger partial charge in [-0.3, -0.25) is 0 Å². The zero-order valence-corrected chi connectivity index (χ0v) is 8.85. The van der Waals surface area contributed by atoms with Gasteiger partial charge in [-0.1, -0.05) is 5.16 Å². The number of nitrogens with zero attached hydrogens (tertiary/aromatic N) is 2. The summed E-state index contributed by atoms with van der Waals surface area (Å²) >= 11 is 0. The zero-order chi connectivity index (χ0) is 10.8. The van der Waals surface area contributed by atoms with E-state index >= 15 is 0 Å². The zero-order valence-electron chi connectivity index (χ0n) is 8.85. The molecule has 5 nitrogen and oxygen atoms in total. The van der Waals surface area contributed by atoms with E-state index in [4.69, 9.17) is 8.94 Å². The second-order valence-corrected chi connectivity index (χ2v) is 3.95. The summed E-state index contributed by atoms with van der Waals surface area (Å²) in [6.07, 6.45) is 4.47. The molecule has 0 amide bonds. The fourth-order valence-electron chi connectivity index (χ4n) is 1.95. The topological polar surface area (TPSA) is 64.1 Å². The van der Waals surface area contributed by atoms with E-state index in [2.05, 4.69) is 15.5 Å². The molecule has 3 heterocycles. The molecule has 1 aliphatic rings. The largest absolute Gasteiger partial charge is 0.469 e. The van der Waals surface area contributed by atoms with E-state index < -0.39 is 0 Å². The third kappa shape index (κ3) is 1.86. The first kappa shape index (κ1) is 9.59. The Hall–Kier alpha value is -1.62. The monoisotopic (exact) mass is 219 g/mol. The maximum atomic E-state index is 5.23. The van der Waals surface area contributed by atoms with Gasteiger partial charge < -0.3 is 14.3 Å². The predicted octanol–water partition coefficient (Wildman–Crippen LogP) is 1.68. The summed E-state index contributed by atoms with van der Waals surface area (Å²) in [5, 5.41) is 7.27. The maximum Gasteiger partial charge on any atom is 0.243 e. The lowest BCUT2D eigenvalue weighted by molar-refractivity contribution is 0.341. The van der Waals surface area contributed by atoms with E-state index in [1.807, 2.05) is 12.1 Å². The van der Waals surface area contributed by atoms with E-state index in [-0.39, 0.29) is 6.04 Å². The molecular formula is C11H13N3O2. The van der Waals surface area contributed by atoms with Crippen molar-refractivity contribution in [3.8, 4) is 0 Å². The molecule has 1 atom stereocenters. The van der Waals surface area contributed by atoms with Crippen LogP contribution in [0.15, 0.2) is 27.3 Å². The Labute approximate surface area is 92.8 Å². The lowest BCUT2D eigenvalue weighted by Gasteiger charge is -2.01. The van der Waals surface area contributed by atoms with Gasteiger partial charge in [0.25, 0.3) is 0 Å². The Morgan fingerprint density at radius 1 is 1.50 bits per heavy atom. The number of hydrogen-bond donors (Lipinski definition) is 1. The summed E-state index contributed by atoms with van der Waals surface area (Å²) in [5.74, 6) is 2.23. The van der Waals surface area contributed by atoms with Gasteiger partial charge in [0, 0.05) is 0 Å². The fourth-order valence-corrected chi connectivity index (χ4v) is 1.95. The van der Waals surface area contributed by atoms with Crippen LogP contribution < -0.4 is 5.32 Å². The molecule has 0 saturated carbocycles. The van der Waals surface area contributed by atoms with Crippen LogP contribution in [0.4, 0.5) is 0 Å². The maximum absolute atomic E-state index is 5.23. The highest BCUT2D eigenvalue weighted by Crippen LogP contribution is 2.21. The highest BCUT2D eigenvalue weighted by molar-refractivity contribution is 5.06. The molecule has 0 radical (unpaired) electrons.